The van der Waals surface area contributed by atoms with Crippen molar-refractivity contribution in [1.82, 2.24) is 15.2 Å². The van der Waals surface area contributed by atoms with Crippen LogP contribution in [0.25, 0.3) is 22.6 Å². The van der Waals surface area contributed by atoms with Crippen LogP contribution in [0.1, 0.15) is 25.3 Å². The first-order valence-corrected chi connectivity index (χ1v) is 11.7. The highest BCUT2D eigenvalue weighted by atomic mass is 79.9. The molecule has 0 fully saturated rings. The third kappa shape index (κ3) is 4.18. The zero-order valence-electron chi connectivity index (χ0n) is 16.7. The van der Waals surface area contributed by atoms with Crippen molar-refractivity contribution in [2.24, 2.45) is 0 Å². The lowest BCUT2D eigenvalue weighted by molar-refractivity contribution is 0.196. The van der Waals surface area contributed by atoms with Gasteiger partial charge in [0.15, 0.2) is 5.76 Å². The number of nitrogens with zero attached hydrogens (tertiary/aromatic N) is 3. The third-order valence-electron chi connectivity index (χ3n) is 4.78. The molecule has 2 aromatic heterocycles. The lowest BCUT2D eigenvalue weighted by Gasteiger charge is -2.16. The monoisotopic (exact) mass is 494 g/mol. The standard InChI is InChI=1S/C23H19BrN4O2S/c1-2-13-31-23-26-20-16-5-3-4-6-17(16)25-21(30-22(20)27-28-23)19-12-11-18(29-19)14-7-9-15(24)10-8-14/h3-12,21,25H,2,13H2,1H3/t21-/m1/s1. The molecule has 5 rings (SSSR count). The minimum absolute atomic E-state index is 0.380. The summed E-state index contributed by atoms with van der Waals surface area (Å²) in [7, 11) is 0. The number of furan rings is 1. The van der Waals surface area contributed by atoms with Crippen LogP contribution in [0.2, 0.25) is 0 Å². The van der Waals surface area contributed by atoms with Crippen LogP contribution in [0.5, 0.6) is 5.88 Å². The van der Waals surface area contributed by atoms with Crippen molar-refractivity contribution in [3.8, 4) is 28.5 Å². The van der Waals surface area contributed by atoms with E-state index in [1.54, 1.807) is 11.8 Å². The Kier molecular flexibility index (Phi) is 5.65. The molecule has 1 aliphatic heterocycles. The Morgan fingerprint density at radius 3 is 2.71 bits per heavy atom. The van der Waals surface area contributed by atoms with Gasteiger partial charge in [-0.1, -0.05) is 64.9 Å². The van der Waals surface area contributed by atoms with Crippen molar-refractivity contribution in [3.63, 3.8) is 0 Å². The maximum absolute atomic E-state index is 6.20. The van der Waals surface area contributed by atoms with Gasteiger partial charge in [-0.15, -0.1) is 10.2 Å². The van der Waals surface area contributed by atoms with Gasteiger partial charge in [0.05, 0.1) is 0 Å². The second kappa shape index (κ2) is 8.72. The number of rotatable bonds is 5. The summed E-state index contributed by atoms with van der Waals surface area (Å²) < 4.78 is 13.4. The molecule has 2 aromatic carbocycles. The molecule has 8 heteroatoms. The molecule has 156 valence electrons. The molecule has 0 radical (unpaired) electrons. The number of halogens is 1. The lowest BCUT2D eigenvalue weighted by Crippen LogP contribution is -2.16. The van der Waals surface area contributed by atoms with E-state index in [2.05, 4.69) is 38.4 Å². The van der Waals surface area contributed by atoms with Crippen LogP contribution in [-0.2, 0) is 0 Å². The van der Waals surface area contributed by atoms with Gasteiger partial charge in [0.25, 0.3) is 5.88 Å². The van der Waals surface area contributed by atoms with E-state index in [-0.39, 0.29) is 0 Å². The number of fused-ring (bicyclic) bond motifs is 3. The molecule has 4 aromatic rings. The predicted molar refractivity (Wildman–Crippen MR) is 125 cm³/mol. The van der Waals surface area contributed by atoms with Crippen LogP contribution in [-0.4, -0.2) is 20.9 Å². The number of hydrogen-bond acceptors (Lipinski definition) is 7. The van der Waals surface area contributed by atoms with E-state index in [0.717, 1.165) is 39.2 Å². The van der Waals surface area contributed by atoms with E-state index < -0.39 is 6.23 Å². The molecule has 1 N–H and O–H groups in total. The third-order valence-corrected chi connectivity index (χ3v) is 6.36. The number of anilines is 1. The minimum atomic E-state index is -0.558. The highest BCUT2D eigenvalue weighted by molar-refractivity contribution is 9.10. The topological polar surface area (TPSA) is 73.1 Å². The molecule has 0 spiro atoms. The van der Waals surface area contributed by atoms with E-state index in [4.69, 9.17) is 14.1 Å². The molecule has 6 nitrogen and oxygen atoms in total. The summed E-state index contributed by atoms with van der Waals surface area (Å²) in [6.07, 6.45) is 0.484. The van der Waals surface area contributed by atoms with Gasteiger partial charge in [0.2, 0.25) is 11.4 Å². The first kappa shape index (κ1) is 20.1. The molecule has 31 heavy (non-hydrogen) atoms. The molecule has 0 saturated carbocycles. The highest BCUT2D eigenvalue weighted by Crippen LogP contribution is 2.40. The van der Waals surface area contributed by atoms with Gasteiger partial charge in [-0.3, -0.25) is 0 Å². The van der Waals surface area contributed by atoms with Crippen LogP contribution < -0.4 is 10.1 Å². The summed E-state index contributed by atoms with van der Waals surface area (Å²) in [6, 6.07) is 19.8. The van der Waals surface area contributed by atoms with Crippen LogP contribution in [0.3, 0.4) is 0 Å². The molecule has 0 saturated heterocycles. The summed E-state index contributed by atoms with van der Waals surface area (Å²) in [5, 5.41) is 12.7. The van der Waals surface area contributed by atoms with Crippen molar-refractivity contribution >= 4 is 33.4 Å². The van der Waals surface area contributed by atoms with Crippen molar-refractivity contribution < 1.29 is 9.15 Å². The van der Waals surface area contributed by atoms with Crippen molar-refractivity contribution in [3.05, 3.63) is 70.9 Å². The normalized spacial score (nSPS) is 14.7. The van der Waals surface area contributed by atoms with Gasteiger partial charge in [0, 0.05) is 27.0 Å². The molecule has 1 atom stereocenters. The SMILES string of the molecule is CCCSc1nnc2c(n1)-c1ccccc1N[C@@H](c1ccc(-c3ccc(Br)cc3)o1)O2. The molecule has 0 bridgehead atoms. The van der Waals surface area contributed by atoms with Crippen LogP contribution in [0.4, 0.5) is 5.69 Å². The number of hydrogen-bond donors (Lipinski definition) is 1. The number of thioether (sulfide) groups is 1. The van der Waals surface area contributed by atoms with Gasteiger partial charge < -0.3 is 14.5 Å². The lowest BCUT2D eigenvalue weighted by atomic mass is 10.1. The Morgan fingerprint density at radius 1 is 1.03 bits per heavy atom. The smallest absolute Gasteiger partial charge is 0.262 e. The molecule has 0 amide bonds. The summed E-state index contributed by atoms with van der Waals surface area (Å²) in [4.78, 5) is 4.73. The second-order valence-electron chi connectivity index (χ2n) is 6.99. The number of ether oxygens (including phenoxy) is 1. The van der Waals surface area contributed by atoms with Crippen LogP contribution >= 0.6 is 27.7 Å². The first-order chi connectivity index (χ1) is 15.2. The van der Waals surface area contributed by atoms with E-state index in [1.165, 1.54) is 0 Å². The fourth-order valence-corrected chi connectivity index (χ4v) is 4.21. The first-order valence-electron chi connectivity index (χ1n) is 9.97. The molecule has 1 aliphatic rings. The largest absolute Gasteiger partial charge is 0.455 e. The van der Waals surface area contributed by atoms with E-state index >= 15 is 0 Å². The van der Waals surface area contributed by atoms with Crippen LogP contribution in [0, 0.1) is 0 Å². The van der Waals surface area contributed by atoms with Gasteiger partial charge in [-0.2, -0.15) is 0 Å². The van der Waals surface area contributed by atoms with Crippen molar-refractivity contribution in [1.29, 1.82) is 0 Å². The summed E-state index contributed by atoms with van der Waals surface area (Å²) >= 11 is 5.05. The number of para-hydroxylation sites is 1. The summed E-state index contributed by atoms with van der Waals surface area (Å²) in [5.41, 5.74) is 3.49. The maximum Gasteiger partial charge on any atom is 0.262 e. The predicted octanol–water partition coefficient (Wildman–Crippen LogP) is 6.57. The highest BCUT2D eigenvalue weighted by Gasteiger charge is 2.28. The summed E-state index contributed by atoms with van der Waals surface area (Å²) in [5.74, 6) is 2.73. The molecule has 3 heterocycles. The van der Waals surface area contributed by atoms with Crippen molar-refractivity contribution in [2.45, 2.75) is 24.7 Å². The molecular formula is C23H19BrN4O2S. The van der Waals surface area contributed by atoms with Crippen LogP contribution in [0.15, 0.2) is 74.7 Å². The quantitative estimate of drug-likeness (QED) is 0.314. The van der Waals surface area contributed by atoms with E-state index in [1.807, 2.05) is 60.7 Å². The molecular weight excluding hydrogens is 476 g/mol. The minimum Gasteiger partial charge on any atom is -0.455 e. The van der Waals surface area contributed by atoms with Gasteiger partial charge in [0.1, 0.15) is 11.5 Å². The maximum atomic E-state index is 6.20. The van der Waals surface area contributed by atoms with E-state index in [9.17, 15) is 0 Å². The summed E-state index contributed by atoms with van der Waals surface area (Å²) in [6.45, 7) is 2.13. The van der Waals surface area contributed by atoms with E-state index in [0.29, 0.717) is 22.5 Å². The van der Waals surface area contributed by atoms with Crippen molar-refractivity contribution in [2.75, 3.05) is 11.1 Å². The number of aromatic nitrogens is 3. The number of nitrogens with one attached hydrogen (secondary N) is 1. The Bertz CT molecular complexity index is 1210. The number of benzene rings is 2. The molecule has 0 unspecified atom stereocenters. The fourth-order valence-electron chi connectivity index (χ4n) is 3.30. The Balaban J connectivity index is 1.51. The Labute approximate surface area is 192 Å². The van der Waals surface area contributed by atoms with Gasteiger partial charge in [-0.05, 0) is 36.8 Å². The van der Waals surface area contributed by atoms with Gasteiger partial charge in [-0.25, -0.2) is 4.98 Å². The van der Waals surface area contributed by atoms with Gasteiger partial charge >= 0.3 is 0 Å². The second-order valence-corrected chi connectivity index (χ2v) is 8.97. The average Bonchev–Trinajstić information content (AvgIpc) is 3.22. The zero-order valence-corrected chi connectivity index (χ0v) is 19.1. The molecule has 0 aliphatic carbocycles. The Morgan fingerprint density at radius 2 is 1.87 bits per heavy atom. The fraction of sp³-hybridized carbons (Fsp3) is 0.174. The Hall–Kier alpha value is -2.84. The average molecular weight is 495 g/mol. The zero-order chi connectivity index (χ0) is 21.2.